The SMILES string of the molecule is CCCCCCCCCCCCCCCCCC(=O)N=C=S. The molecule has 0 saturated carbocycles. The third-order valence-electron chi connectivity index (χ3n) is 4.16. The number of hydrogen-bond acceptors (Lipinski definition) is 2. The summed E-state index contributed by atoms with van der Waals surface area (Å²) < 4.78 is 0. The number of nitrogens with zero attached hydrogens (tertiary/aromatic N) is 1. The van der Waals surface area contributed by atoms with Gasteiger partial charge in [-0.3, -0.25) is 4.79 Å². The van der Waals surface area contributed by atoms with Gasteiger partial charge in [0, 0.05) is 6.42 Å². The van der Waals surface area contributed by atoms with Crippen molar-refractivity contribution in [1.29, 1.82) is 0 Å². The molecule has 0 atom stereocenters. The first kappa shape index (κ1) is 21.5. The van der Waals surface area contributed by atoms with Crippen LogP contribution >= 0.6 is 12.2 Å². The number of rotatable bonds is 16. The van der Waals surface area contributed by atoms with E-state index in [2.05, 4.69) is 29.3 Å². The van der Waals surface area contributed by atoms with Crippen molar-refractivity contribution in [2.24, 2.45) is 4.99 Å². The lowest BCUT2D eigenvalue weighted by atomic mass is 10.0. The molecule has 128 valence electrons. The normalized spacial score (nSPS) is 10.4. The van der Waals surface area contributed by atoms with E-state index in [4.69, 9.17) is 0 Å². The van der Waals surface area contributed by atoms with Gasteiger partial charge in [-0.1, -0.05) is 96.8 Å². The van der Waals surface area contributed by atoms with E-state index in [9.17, 15) is 4.79 Å². The molecule has 0 N–H and O–H groups in total. The van der Waals surface area contributed by atoms with Crippen molar-refractivity contribution in [3.05, 3.63) is 0 Å². The number of unbranched alkanes of at least 4 members (excludes halogenated alkanes) is 14. The molecule has 1 amide bonds. The van der Waals surface area contributed by atoms with Gasteiger partial charge in [0.15, 0.2) is 0 Å². The van der Waals surface area contributed by atoms with Crippen molar-refractivity contribution in [3.63, 3.8) is 0 Å². The minimum Gasteiger partial charge on any atom is -0.272 e. The number of carbonyl (C=O) groups is 1. The van der Waals surface area contributed by atoms with Gasteiger partial charge in [-0.15, -0.1) is 0 Å². The molecule has 0 aliphatic heterocycles. The van der Waals surface area contributed by atoms with E-state index in [0.29, 0.717) is 6.42 Å². The van der Waals surface area contributed by atoms with E-state index in [0.717, 1.165) is 12.8 Å². The Hall–Kier alpha value is -0.530. The predicted octanol–water partition coefficient (Wildman–Crippen LogP) is 6.88. The Morgan fingerprint density at radius 3 is 1.45 bits per heavy atom. The van der Waals surface area contributed by atoms with Gasteiger partial charge in [0.25, 0.3) is 5.91 Å². The van der Waals surface area contributed by atoms with Crippen LogP contribution < -0.4 is 0 Å². The second-order valence-electron chi connectivity index (χ2n) is 6.30. The number of amides is 1. The molecule has 0 unspecified atom stereocenters. The van der Waals surface area contributed by atoms with Gasteiger partial charge in [0.05, 0.1) is 5.16 Å². The van der Waals surface area contributed by atoms with Crippen molar-refractivity contribution in [2.75, 3.05) is 0 Å². The van der Waals surface area contributed by atoms with E-state index in [1.807, 2.05) is 0 Å². The summed E-state index contributed by atoms with van der Waals surface area (Å²) in [4.78, 5) is 14.5. The van der Waals surface area contributed by atoms with Crippen LogP contribution in [0, 0.1) is 0 Å². The Morgan fingerprint density at radius 1 is 0.727 bits per heavy atom. The molecule has 0 aromatic rings. The highest BCUT2D eigenvalue weighted by Crippen LogP contribution is 2.13. The monoisotopic (exact) mass is 325 g/mol. The molecule has 3 heteroatoms. The minimum absolute atomic E-state index is 0.121. The highest BCUT2D eigenvalue weighted by atomic mass is 32.1. The van der Waals surface area contributed by atoms with Gasteiger partial charge < -0.3 is 0 Å². The van der Waals surface area contributed by atoms with Crippen LogP contribution in [0.1, 0.15) is 110 Å². The summed E-state index contributed by atoms with van der Waals surface area (Å²) in [6.07, 6.45) is 20.6. The first-order valence-corrected chi connectivity index (χ1v) is 9.82. The lowest BCUT2D eigenvalue weighted by molar-refractivity contribution is -0.117. The maximum atomic E-state index is 11.1. The molecule has 0 aliphatic carbocycles. The Labute approximate surface area is 143 Å². The molecule has 22 heavy (non-hydrogen) atoms. The molecule has 0 fully saturated rings. The van der Waals surface area contributed by atoms with Crippen LogP contribution in [0.15, 0.2) is 4.99 Å². The molecule has 0 aromatic heterocycles. The molecule has 0 saturated heterocycles. The fourth-order valence-corrected chi connectivity index (χ4v) is 2.86. The van der Waals surface area contributed by atoms with Gasteiger partial charge in [0.1, 0.15) is 0 Å². The van der Waals surface area contributed by atoms with Crippen molar-refractivity contribution >= 4 is 23.3 Å². The Kier molecular flexibility index (Phi) is 18.1. The summed E-state index contributed by atoms with van der Waals surface area (Å²) in [5.41, 5.74) is 0. The highest BCUT2D eigenvalue weighted by molar-refractivity contribution is 7.78. The zero-order valence-corrected chi connectivity index (χ0v) is 15.4. The predicted molar refractivity (Wildman–Crippen MR) is 99.6 cm³/mol. The van der Waals surface area contributed by atoms with Crippen LogP contribution in [0.2, 0.25) is 0 Å². The van der Waals surface area contributed by atoms with E-state index < -0.39 is 0 Å². The summed E-state index contributed by atoms with van der Waals surface area (Å²) in [5, 5.41) is 2.13. The zero-order valence-electron chi connectivity index (χ0n) is 14.6. The maximum absolute atomic E-state index is 11.1. The van der Waals surface area contributed by atoms with Crippen LogP contribution in [-0.2, 0) is 4.79 Å². The molecule has 0 heterocycles. The Morgan fingerprint density at radius 2 is 1.09 bits per heavy atom. The molecule has 0 rings (SSSR count). The second-order valence-corrected chi connectivity index (χ2v) is 6.48. The Bertz CT molecular complexity index is 298. The molecule has 0 spiro atoms. The molecule has 2 nitrogen and oxygen atoms in total. The average molecular weight is 326 g/mol. The second kappa shape index (κ2) is 18.5. The fourth-order valence-electron chi connectivity index (χ4n) is 2.75. The van der Waals surface area contributed by atoms with E-state index in [1.165, 1.54) is 83.5 Å². The van der Waals surface area contributed by atoms with Crippen molar-refractivity contribution in [3.8, 4) is 0 Å². The van der Waals surface area contributed by atoms with Crippen molar-refractivity contribution in [2.45, 2.75) is 110 Å². The molecule has 0 aliphatic rings. The lowest BCUT2D eigenvalue weighted by Gasteiger charge is -2.03. The molecule has 0 radical (unpaired) electrons. The van der Waals surface area contributed by atoms with Crippen LogP contribution in [0.25, 0.3) is 0 Å². The summed E-state index contributed by atoms with van der Waals surface area (Å²) in [6, 6.07) is 0. The summed E-state index contributed by atoms with van der Waals surface area (Å²) in [7, 11) is 0. The summed E-state index contributed by atoms with van der Waals surface area (Å²) in [6.45, 7) is 2.27. The fraction of sp³-hybridized carbons (Fsp3) is 0.895. The van der Waals surface area contributed by atoms with Crippen molar-refractivity contribution < 1.29 is 4.79 Å². The summed E-state index contributed by atoms with van der Waals surface area (Å²) in [5.74, 6) is -0.121. The van der Waals surface area contributed by atoms with Crippen molar-refractivity contribution in [1.82, 2.24) is 0 Å². The van der Waals surface area contributed by atoms with Crippen LogP contribution in [0.3, 0.4) is 0 Å². The standard InChI is InChI=1S/C19H35NOS/c1-2-3-4-5-6-7-8-9-10-11-12-13-14-15-16-17-19(21)20-18-22/h2-17H2,1H3. The van der Waals surface area contributed by atoms with E-state index >= 15 is 0 Å². The number of hydrogen-bond donors (Lipinski definition) is 0. The van der Waals surface area contributed by atoms with Crippen LogP contribution in [0.5, 0.6) is 0 Å². The molecular weight excluding hydrogens is 290 g/mol. The van der Waals surface area contributed by atoms with E-state index in [1.54, 1.807) is 0 Å². The van der Waals surface area contributed by atoms with Gasteiger partial charge in [0.2, 0.25) is 0 Å². The van der Waals surface area contributed by atoms with E-state index in [-0.39, 0.29) is 5.91 Å². The number of aliphatic imine (C=N–C) groups is 1. The largest absolute Gasteiger partial charge is 0.272 e. The third-order valence-corrected chi connectivity index (χ3v) is 4.26. The average Bonchev–Trinajstić information content (AvgIpc) is 2.51. The smallest absolute Gasteiger partial charge is 0.254 e. The highest BCUT2D eigenvalue weighted by Gasteiger charge is 1.98. The summed E-state index contributed by atoms with van der Waals surface area (Å²) >= 11 is 4.40. The van der Waals surface area contributed by atoms with Gasteiger partial charge in [-0.05, 0) is 18.6 Å². The first-order valence-electron chi connectivity index (χ1n) is 9.42. The quantitative estimate of drug-likeness (QED) is 0.176. The number of carbonyl (C=O) groups excluding carboxylic acids is 1. The Balaban J connectivity index is 3.05. The molecule has 0 bridgehead atoms. The van der Waals surface area contributed by atoms with Gasteiger partial charge in [-0.25, -0.2) is 0 Å². The molecule has 0 aromatic carbocycles. The maximum Gasteiger partial charge on any atom is 0.254 e. The number of thiocarbonyl (C=S) groups is 1. The lowest BCUT2D eigenvalue weighted by Crippen LogP contribution is -1.91. The first-order chi connectivity index (χ1) is 10.8. The zero-order chi connectivity index (χ0) is 16.3. The third kappa shape index (κ3) is 17.5. The van der Waals surface area contributed by atoms with Crippen LogP contribution in [0.4, 0.5) is 0 Å². The van der Waals surface area contributed by atoms with Crippen LogP contribution in [-0.4, -0.2) is 11.1 Å². The molecular formula is C19H35NOS. The van der Waals surface area contributed by atoms with Gasteiger partial charge >= 0.3 is 0 Å². The minimum atomic E-state index is -0.121. The number of isothiocyanates is 1. The van der Waals surface area contributed by atoms with Gasteiger partial charge in [-0.2, -0.15) is 4.99 Å². The topological polar surface area (TPSA) is 29.4 Å².